The molecule has 0 atom stereocenters. The average molecular weight is 303 g/mol. The Morgan fingerprint density at radius 3 is 3.00 bits per heavy atom. The van der Waals surface area contributed by atoms with Crippen molar-refractivity contribution in [3.63, 3.8) is 0 Å². The molecule has 2 aromatic heterocycles. The fourth-order valence-corrected chi connectivity index (χ4v) is 2.89. The minimum Gasteiger partial charge on any atom is -0.494 e. The van der Waals surface area contributed by atoms with Gasteiger partial charge in [0.15, 0.2) is 4.96 Å². The standard InChI is InChI=1S/C15H17N3O2S/c1-2-19-11-4-3-5-12(10-11)20-14-13(6-7-16)18-8-9-21-15(18)17-14/h3-5,8-10H,2,6-7,16H2,1H3. The number of hydrogen-bond acceptors (Lipinski definition) is 5. The van der Waals surface area contributed by atoms with Crippen LogP contribution in [0.25, 0.3) is 4.96 Å². The molecule has 0 fully saturated rings. The molecule has 3 aromatic rings. The second-order valence-electron chi connectivity index (χ2n) is 4.47. The predicted octanol–water partition coefficient (Wildman–Crippen LogP) is 3.09. The van der Waals surface area contributed by atoms with Crippen LogP contribution >= 0.6 is 11.3 Å². The zero-order chi connectivity index (χ0) is 14.7. The third-order valence-electron chi connectivity index (χ3n) is 3.04. The highest BCUT2D eigenvalue weighted by Gasteiger charge is 2.14. The van der Waals surface area contributed by atoms with Crippen LogP contribution < -0.4 is 15.2 Å². The number of imidazole rings is 1. The fraction of sp³-hybridized carbons (Fsp3) is 0.267. The van der Waals surface area contributed by atoms with Crippen LogP contribution in [0.15, 0.2) is 35.8 Å². The number of ether oxygens (including phenoxy) is 2. The zero-order valence-electron chi connectivity index (χ0n) is 11.8. The number of fused-ring (bicyclic) bond motifs is 1. The second kappa shape index (κ2) is 6.15. The number of nitrogens with zero attached hydrogens (tertiary/aromatic N) is 2. The predicted molar refractivity (Wildman–Crippen MR) is 83.5 cm³/mol. The third kappa shape index (κ3) is 2.86. The molecule has 3 rings (SSSR count). The summed E-state index contributed by atoms with van der Waals surface area (Å²) in [4.78, 5) is 5.44. The van der Waals surface area contributed by atoms with Gasteiger partial charge in [-0.3, -0.25) is 4.40 Å². The molecule has 0 amide bonds. The monoisotopic (exact) mass is 303 g/mol. The van der Waals surface area contributed by atoms with Gasteiger partial charge in [0.25, 0.3) is 0 Å². The Morgan fingerprint density at radius 1 is 1.33 bits per heavy atom. The molecule has 110 valence electrons. The molecule has 2 heterocycles. The molecule has 0 bridgehead atoms. The van der Waals surface area contributed by atoms with Crippen molar-refractivity contribution in [2.24, 2.45) is 5.73 Å². The first-order valence-electron chi connectivity index (χ1n) is 6.87. The summed E-state index contributed by atoms with van der Waals surface area (Å²) in [6.07, 6.45) is 2.71. The molecule has 0 aliphatic carbocycles. The Labute approximate surface area is 126 Å². The van der Waals surface area contributed by atoms with E-state index in [1.165, 1.54) is 0 Å². The Bertz CT molecular complexity index is 735. The molecule has 0 spiro atoms. The summed E-state index contributed by atoms with van der Waals surface area (Å²) in [6.45, 7) is 3.14. The zero-order valence-corrected chi connectivity index (χ0v) is 12.6. The highest BCUT2D eigenvalue weighted by atomic mass is 32.1. The van der Waals surface area contributed by atoms with Gasteiger partial charge in [-0.2, -0.15) is 4.98 Å². The number of nitrogens with two attached hydrogens (primary N) is 1. The normalized spacial score (nSPS) is 11.0. The molecule has 21 heavy (non-hydrogen) atoms. The first kappa shape index (κ1) is 13.9. The Morgan fingerprint density at radius 2 is 2.19 bits per heavy atom. The molecule has 6 heteroatoms. The lowest BCUT2D eigenvalue weighted by molar-refractivity contribution is 0.338. The van der Waals surface area contributed by atoms with Crippen LogP contribution in [0, 0.1) is 0 Å². The van der Waals surface area contributed by atoms with E-state index in [-0.39, 0.29) is 0 Å². The molecular formula is C15H17N3O2S. The molecule has 0 saturated heterocycles. The number of aromatic nitrogens is 2. The van der Waals surface area contributed by atoms with E-state index < -0.39 is 0 Å². The molecule has 5 nitrogen and oxygen atoms in total. The summed E-state index contributed by atoms with van der Waals surface area (Å²) in [5, 5.41) is 2.00. The van der Waals surface area contributed by atoms with E-state index in [2.05, 4.69) is 4.98 Å². The Balaban J connectivity index is 1.91. The maximum atomic E-state index is 5.93. The quantitative estimate of drug-likeness (QED) is 0.760. The van der Waals surface area contributed by atoms with E-state index in [4.69, 9.17) is 15.2 Å². The van der Waals surface area contributed by atoms with Gasteiger partial charge in [0.05, 0.1) is 12.3 Å². The number of thiazole rings is 1. The van der Waals surface area contributed by atoms with Crippen molar-refractivity contribution >= 4 is 16.3 Å². The summed E-state index contributed by atoms with van der Waals surface area (Å²) in [7, 11) is 0. The van der Waals surface area contributed by atoms with Gasteiger partial charge < -0.3 is 15.2 Å². The van der Waals surface area contributed by atoms with E-state index in [9.17, 15) is 0 Å². The molecule has 0 radical (unpaired) electrons. The maximum absolute atomic E-state index is 5.93. The van der Waals surface area contributed by atoms with Crippen molar-refractivity contribution in [3.8, 4) is 17.4 Å². The minimum absolute atomic E-state index is 0.555. The Kier molecular flexibility index (Phi) is 4.08. The van der Waals surface area contributed by atoms with Crippen LogP contribution in [-0.2, 0) is 6.42 Å². The van der Waals surface area contributed by atoms with Gasteiger partial charge in [-0.1, -0.05) is 6.07 Å². The van der Waals surface area contributed by atoms with Crippen molar-refractivity contribution in [1.82, 2.24) is 9.38 Å². The first-order valence-corrected chi connectivity index (χ1v) is 7.75. The van der Waals surface area contributed by atoms with Crippen molar-refractivity contribution in [1.29, 1.82) is 0 Å². The molecule has 0 unspecified atom stereocenters. The summed E-state index contributed by atoms with van der Waals surface area (Å²) < 4.78 is 13.4. The molecule has 1 aromatic carbocycles. The molecule has 0 saturated carbocycles. The van der Waals surface area contributed by atoms with Gasteiger partial charge in [-0.25, -0.2) is 0 Å². The van der Waals surface area contributed by atoms with Gasteiger partial charge in [0.2, 0.25) is 5.88 Å². The van der Waals surface area contributed by atoms with Crippen LogP contribution in [0.1, 0.15) is 12.6 Å². The number of benzene rings is 1. The van der Waals surface area contributed by atoms with Gasteiger partial charge in [-0.15, -0.1) is 11.3 Å². The van der Waals surface area contributed by atoms with Crippen molar-refractivity contribution in [2.75, 3.05) is 13.2 Å². The van der Waals surface area contributed by atoms with Crippen LogP contribution in [-0.4, -0.2) is 22.5 Å². The molecule has 2 N–H and O–H groups in total. The minimum atomic E-state index is 0.555. The summed E-state index contributed by atoms with van der Waals surface area (Å²) in [5.74, 6) is 2.11. The highest BCUT2D eigenvalue weighted by Crippen LogP contribution is 2.29. The van der Waals surface area contributed by atoms with E-state index in [1.807, 2.05) is 47.2 Å². The van der Waals surface area contributed by atoms with E-state index in [0.29, 0.717) is 24.8 Å². The molecule has 0 aliphatic heterocycles. The Hall–Kier alpha value is -2.05. The van der Waals surface area contributed by atoms with E-state index >= 15 is 0 Å². The second-order valence-corrected chi connectivity index (χ2v) is 5.34. The lowest BCUT2D eigenvalue weighted by Gasteiger charge is -2.08. The van der Waals surface area contributed by atoms with Gasteiger partial charge in [0.1, 0.15) is 11.5 Å². The van der Waals surface area contributed by atoms with Gasteiger partial charge in [-0.05, 0) is 25.6 Å². The summed E-state index contributed by atoms with van der Waals surface area (Å²) in [5.41, 5.74) is 6.69. The number of hydrogen-bond donors (Lipinski definition) is 1. The average Bonchev–Trinajstić information content (AvgIpc) is 3.03. The smallest absolute Gasteiger partial charge is 0.242 e. The third-order valence-corrected chi connectivity index (χ3v) is 3.79. The molecular weight excluding hydrogens is 286 g/mol. The van der Waals surface area contributed by atoms with Crippen LogP contribution in [0.3, 0.4) is 0 Å². The first-order chi connectivity index (χ1) is 10.3. The topological polar surface area (TPSA) is 61.8 Å². The maximum Gasteiger partial charge on any atom is 0.242 e. The van der Waals surface area contributed by atoms with Gasteiger partial charge in [0, 0.05) is 24.1 Å². The van der Waals surface area contributed by atoms with E-state index in [0.717, 1.165) is 22.8 Å². The van der Waals surface area contributed by atoms with Crippen molar-refractivity contribution in [2.45, 2.75) is 13.3 Å². The van der Waals surface area contributed by atoms with Crippen LogP contribution in [0.4, 0.5) is 0 Å². The molecule has 0 aliphatic rings. The summed E-state index contributed by atoms with van der Waals surface area (Å²) in [6, 6.07) is 7.57. The lowest BCUT2D eigenvalue weighted by atomic mass is 10.3. The summed E-state index contributed by atoms with van der Waals surface area (Å²) >= 11 is 1.58. The SMILES string of the molecule is CCOc1cccc(Oc2nc3sccn3c2CCN)c1. The van der Waals surface area contributed by atoms with Crippen LogP contribution in [0.2, 0.25) is 0 Å². The van der Waals surface area contributed by atoms with Crippen molar-refractivity contribution in [3.05, 3.63) is 41.5 Å². The van der Waals surface area contributed by atoms with Gasteiger partial charge >= 0.3 is 0 Å². The number of rotatable bonds is 6. The lowest BCUT2D eigenvalue weighted by Crippen LogP contribution is -2.05. The van der Waals surface area contributed by atoms with Crippen LogP contribution in [0.5, 0.6) is 17.4 Å². The van der Waals surface area contributed by atoms with E-state index in [1.54, 1.807) is 11.3 Å². The van der Waals surface area contributed by atoms with Crippen molar-refractivity contribution < 1.29 is 9.47 Å². The largest absolute Gasteiger partial charge is 0.494 e. The highest BCUT2D eigenvalue weighted by molar-refractivity contribution is 7.15. The fourth-order valence-electron chi connectivity index (χ4n) is 2.16.